The highest BCUT2D eigenvalue weighted by Gasteiger charge is 2.11. The molecule has 1 rings (SSSR count). The zero-order valence-electron chi connectivity index (χ0n) is 11.9. The summed E-state index contributed by atoms with van der Waals surface area (Å²) in [5.41, 5.74) is 0.925. The summed E-state index contributed by atoms with van der Waals surface area (Å²) in [6.45, 7) is 1.35. The second kappa shape index (κ2) is 7.18. The van der Waals surface area contributed by atoms with Crippen molar-refractivity contribution in [3.63, 3.8) is 0 Å². The van der Waals surface area contributed by atoms with Gasteiger partial charge in [0.1, 0.15) is 0 Å². The molecule has 0 saturated heterocycles. The molecule has 0 heterocycles. The van der Waals surface area contributed by atoms with Crippen LogP contribution < -0.4 is 14.8 Å². The number of carbonyl (C=O) groups is 2. The third kappa shape index (κ3) is 4.01. The largest absolute Gasteiger partial charge is 0.493 e. The van der Waals surface area contributed by atoms with Crippen LogP contribution in [0.3, 0.4) is 0 Å². The Labute approximate surface area is 117 Å². The van der Waals surface area contributed by atoms with Crippen molar-refractivity contribution in [1.29, 1.82) is 0 Å². The molecule has 0 radical (unpaired) electrons. The first-order valence-electron chi connectivity index (χ1n) is 5.81. The molecular weight excluding hydrogens is 262 g/mol. The van der Waals surface area contributed by atoms with Crippen LogP contribution in [-0.4, -0.2) is 33.2 Å². The topological polar surface area (TPSA) is 73.9 Å². The average Bonchev–Trinajstić information content (AvgIpc) is 2.45. The second-order valence-corrected chi connectivity index (χ2v) is 3.83. The fraction of sp³-hybridized carbons (Fsp3) is 0.286. The average molecular weight is 279 g/mol. The van der Waals surface area contributed by atoms with Gasteiger partial charge in [0, 0.05) is 18.6 Å². The zero-order chi connectivity index (χ0) is 15.1. The van der Waals surface area contributed by atoms with Crippen molar-refractivity contribution in [3.05, 3.63) is 29.8 Å². The number of ether oxygens (including phenoxy) is 3. The summed E-state index contributed by atoms with van der Waals surface area (Å²) in [5.74, 6) is 0.182. The molecule has 20 heavy (non-hydrogen) atoms. The second-order valence-electron chi connectivity index (χ2n) is 3.83. The van der Waals surface area contributed by atoms with Gasteiger partial charge in [0.2, 0.25) is 5.91 Å². The minimum Gasteiger partial charge on any atom is -0.493 e. The molecule has 0 spiro atoms. The summed E-state index contributed by atoms with van der Waals surface area (Å²) in [6, 6.07) is 5.04. The van der Waals surface area contributed by atoms with E-state index < -0.39 is 5.97 Å². The van der Waals surface area contributed by atoms with Crippen LogP contribution in [0.25, 0.3) is 5.70 Å². The van der Waals surface area contributed by atoms with Crippen LogP contribution in [0.4, 0.5) is 0 Å². The molecule has 0 unspecified atom stereocenters. The molecule has 6 heteroatoms. The number of rotatable bonds is 5. The van der Waals surface area contributed by atoms with Crippen molar-refractivity contribution in [2.75, 3.05) is 21.3 Å². The van der Waals surface area contributed by atoms with Gasteiger partial charge in [0.05, 0.1) is 27.0 Å². The summed E-state index contributed by atoms with van der Waals surface area (Å²) in [5, 5.41) is 2.58. The van der Waals surface area contributed by atoms with Crippen molar-refractivity contribution in [3.8, 4) is 11.5 Å². The van der Waals surface area contributed by atoms with Gasteiger partial charge in [-0.2, -0.15) is 0 Å². The highest BCUT2D eigenvalue weighted by Crippen LogP contribution is 2.29. The van der Waals surface area contributed by atoms with Gasteiger partial charge in [-0.15, -0.1) is 0 Å². The lowest BCUT2D eigenvalue weighted by atomic mass is 10.1. The van der Waals surface area contributed by atoms with Crippen LogP contribution in [0.2, 0.25) is 0 Å². The van der Waals surface area contributed by atoms with Gasteiger partial charge in [-0.25, -0.2) is 4.79 Å². The van der Waals surface area contributed by atoms with Crippen molar-refractivity contribution in [1.82, 2.24) is 5.32 Å². The molecule has 6 nitrogen and oxygen atoms in total. The fourth-order valence-electron chi connectivity index (χ4n) is 1.56. The van der Waals surface area contributed by atoms with Gasteiger partial charge in [-0.3, -0.25) is 4.79 Å². The summed E-state index contributed by atoms with van der Waals surface area (Å²) in [6.07, 6.45) is 1.20. The van der Waals surface area contributed by atoms with Gasteiger partial charge in [-0.1, -0.05) is 0 Å². The Morgan fingerprint density at radius 3 is 2.25 bits per heavy atom. The minimum atomic E-state index is -0.566. The molecule has 0 bridgehead atoms. The van der Waals surface area contributed by atoms with Crippen LogP contribution in [0.15, 0.2) is 24.3 Å². The standard InChI is InChI=1S/C14H17NO5/c1-9(16)15-11(8-14(17)20-4)10-5-6-12(18-2)13(7-10)19-3/h5-8H,1-4H3,(H,15,16). The Hall–Kier alpha value is -2.50. The van der Waals surface area contributed by atoms with E-state index in [0.717, 1.165) is 0 Å². The first-order chi connectivity index (χ1) is 9.51. The number of nitrogens with one attached hydrogen (secondary N) is 1. The minimum absolute atomic E-state index is 0.296. The molecule has 1 amide bonds. The SMILES string of the molecule is COC(=O)C=C(NC(C)=O)c1ccc(OC)c(OC)c1. The first-order valence-corrected chi connectivity index (χ1v) is 5.81. The molecule has 1 N–H and O–H groups in total. The van der Waals surface area contributed by atoms with Gasteiger partial charge in [-0.05, 0) is 18.2 Å². The molecule has 0 aliphatic rings. The van der Waals surface area contributed by atoms with Crippen molar-refractivity contribution >= 4 is 17.6 Å². The lowest BCUT2D eigenvalue weighted by Gasteiger charge is -2.12. The summed E-state index contributed by atoms with van der Waals surface area (Å²) in [7, 11) is 4.29. The van der Waals surface area contributed by atoms with E-state index in [0.29, 0.717) is 22.8 Å². The number of hydrogen-bond donors (Lipinski definition) is 1. The summed E-state index contributed by atoms with van der Waals surface area (Å²) in [4.78, 5) is 22.6. The molecular formula is C14H17NO5. The summed E-state index contributed by atoms with van der Waals surface area (Å²) >= 11 is 0. The monoisotopic (exact) mass is 279 g/mol. The molecule has 1 aromatic carbocycles. The van der Waals surface area contributed by atoms with Gasteiger partial charge in [0.15, 0.2) is 11.5 Å². The van der Waals surface area contributed by atoms with E-state index in [2.05, 4.69) is 10.1 Å². The smallest absolute Gasteiger partial charge is 0.332 e. The highest BCUT2D eigenvalue weighted by atomic mass is 16.5. The van der Waals surface area contributed by atoms with Crippen molar-refractivity contribution in [2.45, 2.75) is 6.92 Å². The van der Waals surface area contributed by atoms with Crippen LogP contribution in [-0.2, 0) is 14.3 Å². The number of amides is 1. The fourth-order valence-corrected chi connectivity index (χ4v) is 1.56. The molecule has 0 fully saturated rings. The van der Waals surface area contributed by atoms with Crippen LogP contribution in [0, 0.1) is 0 Å². The van der Waals surface area contributed by atoms with Gasteiger partial charge >= 0.3 is 5.97 Å². The quantitative estimate of drug-likeness (QED) is 0.650. The maximum atomic E-state index is 11.3. The number of hydrogen-bond acceptors (Lipinski definition) is 5. The normalized spacial score (nSPS) is 10.7. The Balaban J connectivity index is 3.23. The Morgan fingerprint density at radius 1 is 1.10 bits per heavy atom. The highest BCUT2D eigenvalue weighted by molar-refractivity contribution is 5.95. The predicted molar refractivity (Wildman–Crippen MR) is 73.4 cm³/mol. The number of carbonyl (C=O) groups excluding carboxylic acids is 2. The first kappa shape index (κ1) is 15.6. The number of benzene rings is 1. The number of esters is 1. The Kier molecular flexibility index (Phi) is 5.58. The van der Waals surface area contributed by atoms with E-state index in [9.17, 15) is 9.59 Å². The van der Waals surface area contributed by atoms with E-state index in [1.165, 1.54) is 34.3 Å². The lowest BCUT2D eigenvalue weighted by Crippen LogP contribution is -2.19. The van der Waals surface area contributed by atoms with Crippen molar-refractivity contribution < 1.29 is 23.8 Å². The maximum Gasteiger partial charge on any atom is 0.332 e. The lowest BCUT2D eigenvalue weighted by molar-refractivity contribution is -0.134. The predicted octanol–water partition coefficient (Wildman–Crippen LogP) is 1.35. The van der Waals surface area contributed by atoms with Crippen LogP contribution in [0.1, 0.15) is 12.5 Å². The molecule has 1 aromatic rings. The molecule has 108 valence electrons. The van der Waals surface area contributed by atoms with Gasteiger partial charge in [0.25, 0.3) is 0 Å². The van der Waals surface area contributed by atoms with E-state index in [1.807, 2.05) is 0 Å². The van der Waals surface area contributed by atoms with Gasteiger partial charge < -0.3 is 19.5 Å². The Morgan fingerprint density at radius 2 is 1.75 bits per heavy atom. The molecule has 0 aliphatic heterocycles. The van der Waals surface area contributed by atoms with E-state index >= 15 is 0 Å². The van der Waals surface area contributed by atoms with Crippen molar-refractivity contribution in [2.24, 2.45) is 0 Å². The zero-order valence-corrected chi connectivity index (χ0v) is 11.9. The molecule has 0 aliphatic carbocycles. The van der Waals surface area contributed by atoms with Crippen LogP contribution >= 0.6 is 0 Å². The van der Waals surface area contributed by atoms with Crippen LogP contribution in [0.5, 0.6) is 11.5 Å². The molecule has 0 atom stereocenters. The summed E-state index contributed by atoms with van der Waals surface area (Å²) < 4.78 is 14.9. The van der Waals surface area contributed by atoms with E-state index in [-0.39, 0.29) is 5.91 Å². The molecule has 0 aromatic heterocycles. The number of methoxy groups -OCH3 is 3. The van der Waals surface area contributed by atoms with E-state index in [4.69, 9.17) is 9.47 Å². The maximum absolute atomic E-state index is 11.3. The molecule has 0 saturated carbocycles. The Bertz CT molecular complexity index is 536. The third-order valence-corrected chi connectivity index (χ3v) is 2.47. The third-order valence-electron chi connectivity index (χ3n) is 2.47. The van der Waals surface area contributed by atoms with E-state index in [1.54, 1.807) is 18.2 Å².